The first-order valence-corrected chi connectivity index (χ1v) is 8.10. The van der Waals surface area contributed by atoms with E-state index in [1.165, 1.54) is 0 Å². The normalized spacial score (nSPS) is 15.1. The van der Waals surface area contributed by atoms with Crippen molar-refractivity contribution in [2.24, 2.45) is 21.9 Å². The van der Waals surface area contributed by atoms with Crippen molar-refractivity contribution in [3.8, 4) is 0 Å². The van der Waals surface area contributed by atoms with E-state index >= 15 is 0 Å². The molecule has 0 unspecified atom stereocenters. The number of hydrogen-bond acceptors (Lipinski definition) is 8. The average molecular weight is 270 g/mol. The van der Waals surface area contributed by atoms with Gasteiger partial charge in [-0.3, -0.25) is 0 Å². The third-order valence-electron chi connectivity index (χ3n) is 1.44. The molecule has 0 aromatic heterocycles. The molecule has 0 aromatic rings. The van der Waals surface area contributed by atoms with Gasteiger partial charge >= 0.3 is 0 Å². The molecule has 0 amide bonds. The van der Waals surface area contributed by atoms with Gasteiger partial charge in [-0.25, -0.2) is 16.8 Å². The second-order valence-corrected chi connectivity index (χ2v) is 7.57. The summed E-state index contributed by atoms with van der Waals surface area (Å²) in [5, 5.41) is 6.38. The number of rotatable bonds is 5. The fraction of sp³-hybridized carbons (Fsp3) is 0.667. The van der Waals surface area contributed by atoms with E-state index in [4.69, 9.17) is 11.7 Å². The van der Waals surface area contributed by atoms with Gasteiger partial charge in [0.25, 0.3) is 0 Å². The molecule has 0 spiro atoms. The molecule has 0 rings (SSSR count). The summed E-state index contributed by atoms with van der Waals surface area (Å²) in [6, 6.07) is 0. The van der Waals surface area contributed by atoms with Crippen molar-refractivity contribution in [3.63, 3.8) is 0 Å². The topological polar surface area (TPSA) is 145 Å². The van der Waals surface area contributed by atoms with Crippen LogP contribution in [0.25, 0.3) is 0 Å². The maximum atomic E-state index is 11.0. The number of nitrogens with zero attached hydrogens (tertiary/aromatic N) is 2. The van der Waals surface area contributed by atoms with Crippen molar-refractivity contribution in [2.45, 2.75) is 0 Å². The van der Waals surface area contributed by atoms with Crippen molar-refractivity contribution in [1.29, 1.82) is 0 Å². The Labute approximate surface area is 94.2 Å². The van der Waals surface area contributed by atoms with Crippen molar-refractivity contribution < 1.29 is 16.8 Å². The zero-order valence-corrected chi connectivity index (χ0v) is 10.5. The van der Waals surface area contributed by atoms with Gasteiger partial charge in [-0.2, -0.15) is 10.2 Å². The van der Waals surface area contributed by atoms with Crippen LogP contribution in [-0.2, 0) is 19.7 Å². The number of nitrogens with two attached hydrogens (primary N) is 2. The fourth-order valence-electron chi connectivity index (χ4n) is 0.887. The summed E-state index contributed by atoms with van der Waals surface area (Å²) in [6.45, 7) is 0. The van der Waals surface area contributed by atoms with Gasteiger partial charge in [0.05, 0.1) is 22.9 Å². The number of hydrazone groups is 2. The van der Waals surface area contributed by atoms with Crippen molar-refractivity contribution in [3.05, 3.63) is 0 Å². The smallest absolute Gasteiger partial charge is 0.153 e. The van der Waals surface area contributed by atoms with E-state index < -0.39 is 31.2 Å². The highest BCUT2D eigenvalue weighted by atomic mass is 32.2. The Morgan fingerprint density at radius 2 is 1.12 bits per heavy atom. The predicted molar refractivity (Wildman–Crippen MR) is 62.7 cm³/mol. The van der Waals surface area contributed by atoms with E-state index in [2.05, 4.69) is 10.2 Å². The lowest BCUT2D eigenvalue weighted by atomic mass is 10.3. The lowest BCUT2D eigenvalue weighted by Gasteiger charge is -2.05. The minimum absolute atomic E-state index is 0.157. The van der Waals surface area contributed by atoms with Crippen LogP contribution in [-0.4, -0.2) is 52.3 Å². The third-order valence-corrected chi connectivity index (χ3v) is 3.04. The van der Waals surface area contributed by atoms with Gasteiger partial charge in [0.2, 0.25) is 0 Å². The predicted octanol–water partition coefficient (Wildman–Crippen LogP) is -2.29. The summed E-state index contributed by atoms with van der Waals surface area (Å²) < 4.78 is 44.0. The molecule has 0 aromatic carbocycles. The largest absolute Gasteiger partial charge is 0.323 e. The van der Waals surface area contributed by atoms with Crippen LogP contribution >= 0.6 is 0 Å². The second kappa shape index (κ2) is 5.25. The van der Waals surface area contributed by atoms with Crippen molar-refractivity contribution >= 4 is 31.1 Å². The minimum atomic E-state index is -3.39. The summed E-state index contributed by atoms with van der Waals surface area (Å²) in [5.41, 5.74) is -0.314. The molecule has 0 heterocycles. The van der Waals surface area contributed by atoms with Gasteiger partial charge in [-0.1, -0.05) is 0 Å². The summed E-state index contributed by atoms with van der Waals surface area (Å²) in [5.74, 6) is 8.93. The van der Waals surface area contributed by atoms with Gasteiger partial charge in [0.1, 0.15) is 0 Å². The first-order valence-electron chi connectivity index (χ1n) is 3.98. The lowest BCUT2D eigenvalue weighted by Crippen LogP contribution is -2.31. The third kappa shape index (κ3) is 6.35. The quantitative estimate of drug-likeness (QED) is 0.326. The monoisotopic (exact) mass is 270 g/mol. The first-order chi connectivity index (χ1) is 7.09. The van der Waals surface area contributed by atoms with Crippen LogP contribution in [0.5, 0.6) is 0 Å². The van der Waals surface area contributed by atoms with Crippen molar-refractivity contribution in [1.82, 2.24) is 0 Å². The van der Waals surface area contributed by atoms with Crippen molar-refractivity contribution in [2.75, 3.05) is 24.0 Å². The summed E-state index contributed by atoms with van der Waals surface area (Å²) in [7, 11) is -6.78. The molecule has 16 heavy (non-hydrogen) atoms. The molecule has 10 heteroatoms. The van der Waals surface area contributed by atoms with E-state index in [-0.39, 0.29) is 11.4 Å². The van der Waals surface area contributed by atoms with E-state index in [9.17, 15) is 16.8 Å². The molecule has 0 aliphatic carbocycles. The molecular formula is C6H14N4O4S2. The Morgan fingerprint density at radius 3 is 1.25 bits per heavy atom. The zero-order chi connectivity index (χ0) is 13.0. The van der Waals surface area contributed by atoms with E-state index in [1.807, 2.05) is 0 Å². The first kappa shape index (κ1) is 14.8. The molecule has 0 fully saturated rings. The second-order valence-electron chi connectivity index (χ2n) is 3.29. The fourth-order valence-corrected chi connectivity index (χ4v) is 2.36. The summed E-state index contributed by atoms with van der Waals surface area (Å²) in [6.07, 6.45) is 1.93. The van der Waals surface area contributed by atoms with Gasteiger partial charge in [-0.15, -0.1) is 0 Å². The highest BCUT2D eigenvalue weighted by molar-refractivity contribution is 7.92. The Balaban J connectivity index is 5.12. The molecule has 0 bridgehead atoms. The molecule has 0 atom stereocenters. The van der Waals surface area contributed by atoms with Crippen LogP contribution in [0, 0.1) is 0 Å². The Bertz CT molecular complexity index is 455. The molecule has 0 aliphatic rings. The average Bonchev–Trinajstić information content (AvgIpc) is 2.07. The number of sulfone groups is 2. The summed E-state index contributed by atoms with van der Waals surface area (Å²) in [4.78, 5) is 0. The molecule has 0 saturated heterocycles. The maximum absolute atomic E-state index is 11.0. The highest BCUT2D eigenvalue weighted by Crippen LogP contribution is 1.94. The Hall–Kier alpha value is -1.16. The van der Waals surface area contributed by atoms with Crippen LogP contribution in [0.3, 0.4) is 0 Å². The lowest BCUT2D eigenvalue weighted by molar-refractivity contribution is 0.603. The van der Waals surface area contributed by atoms with Gasteiger partial charge in [0.15, 0.2) is 19.7 Å². The maximum Gasteiger partial charge on any atom is 0.153 e. The van der Waals surface area contributed by atoms with E-state index in [1.54, 1.807) is 0 Å². The molecule has 0 saturated carbocycles. The summed E-state index contributed by atoms with van der Waals surface area (Å²) >= 11 is 0. The van der Waals surface area contributed by atoms with Gasteiger partial charge in [-0.05, 0) is 0 Å². The van der Waals surface area contributed by atoms with E-state index in [0.717, 1.165) is 12.5 Å². The van der Waals surface area contributed by atoms with Crippen LogP contribution in [0.4, 0.5) is 0 Å². The highest BCUT2D eigenvalue weighted by Gasteiger charge is 2.19. The van der Waals surface area contributed by atoms with Gasteiger partial charge < -0.3 is 11.7 Å². The van der Waals surface area contributed by atoms with Crippen LogP contribution in [0.1, 0.15) is 0 Å². The molecule has 94 valence electrons. The molecule has 0 aliphatic heterocycles. The zero-order valence-electron chi connectivity index (χ0n) is 8.91. The molecule has 8 nitrogen and oxygen atoms in total. The van der Waals surface area contributed by atoms with Crippen LogP contribution < -0.4 is 11.7 Å². The molecule has 4 N–H and O–H groups in total. The van der Waals surface area contributed by atoms with Crippen LogP contribution in [0.15, 0.2) is 10.2 Å². The Kier molecular flexibility index (Phi) is 4.87. The molecular weight excluding hydrogens is 256 g/mol. The number of hydrogen-bond donors (Lipinski definition) is 2. The van der Waals surface area contributed by atoms with E-state index in [0.29, 0.717) is 0 Å². The van der Waals surface area contributed by atoms with Gasteiger partial charge in [0, 0.05) is 12.5 Å². The van der Waals surface area contributed by atoms with Crippen LogP contribution in [0.2, 0.25) is 0 Å². The molecule has 0 radical (unpaired) electrons. The minimum Gasteiger partial charge on any atom is -0.323 e. The standard InChI is InChI=1S/C6H14N4O4S2/c1-15(11,12)3-5(9-7)6(10-8)4-16(2,13)14/h3-4,7-8H2,1-2H3/b9-5-,10-6-. The SMILES string of the molecule is CS(=O)(=O)CC(=N/N)/C(CS(C)(=O)=O)=N\N. The Morgan fingerprint density at radius 1 is 0.875 bits per heavy atom.